The number of ether oxygens (including phenoxy) is 4. The number of hydrogen-bond acceptors (Lipinski definition) is 10. The van der Waals surface area contributed by atoms with Crippen LogP contribution in [0, 0.1) is 17.3 Å². The van der Waals surface area contributed by atoms with Gasteiger partial charge in [0.05, 0.1) is 48.8 Å². The Morgan fingerprint density at radius 1 is 0.540 bits per heavy atom. The number of piperidine rings is 2. The molecule has 2 aliphatic carbocycles. The van der Waals surface area contributed by atoms with Crippen LogP contribution in [0.1, 0.15) is 167 Å². The van der Waals surface area contributed by atoms with Crippen molar-refractivity contribution >= 4 is 11.9 Å². The second-order valence-electron chi connectivity index (χ2n) is 22.8. The van der Waals surface area contributed by atoms with Crippen molar-refractivity contribution in [2.75, 3.05) is 26.3 Å². The number of β-amino-alcohol motifs (C(OH)–C–C–N with tert-alkyl or cyclic N) is 2. The average Bonchev–Trinajstić information content (AvgIpc) is 3.22. The Bertz CT molecular complexity index is 1600. The number of nitrogens with zero attached hydrogens (tertiary/aromatic N) is 2. The lowest BCUT2D eigenvalue weighted by Crippen LogP contribution is -2.64. The fraction of sp³-hybridized carbons (Fsp3) is 0.736. The van der Waals surface area contributed by atoms with Crippen molar-refractivity contribution in [2.24, 2.45) is 17.3 Å². The first kappa shape index (κ1) is 49.6. The Kier molecular flexibility index (Phi) is 16.0. The highest BCUT2D eigenvalue weighted by Crippen LogP contribution is 2.49. The molecule has 10 nitrogen and oxygen atoms in total. The van der Waals surface area contributed by atoms with E-state index >= 15 is 0 Å². The van der Waals surface area contributed by atoms with E-state index in [1.807, 2.05) is 36.4 Å². The molecule has 2 N–H and O–H groups in total. The van der Waals surface area contributed by atoms with Gasteiger partial charge in [-0.2, -0.15) is 0 Å². The van der Waals surface area contributed by atoms with Crippen LogP contribution in [0.2, 0.25) is 0 Å². The molecule has 352 valence electrons. The minimum atomic E-state index is -0.602. The molecular formula is C53H82N2O8. The Labute approximate surface area is 379 Å². The molecule has 2 aliphatic heterocycles. The number of benzene rings is 2. The number of aliphatic hydroxyl groups is 2. The average molecular weight is 875 g/mol. The molecular weight excluding hydrogens is 793 g/mol. The monoisotopic (exact) mass is 875 g/mol. The van der Waals surface area contributed by atoms with Crippen LogP contribution in [-0.2, 0) is 18.9 Å². The molecule has 4 aliphatic rings. The fourth-order valence-corrected chi connectivity index (χ4v) is 12.5. The van der Waals surface area contributed by atoms with Gasteiger partial charge in [0.1, 0.15) is 12.2 Å². The Hall–Kier alpha value is -2.86. The maximum Gasteiger partial charge on any atom is 0.338 e. The van der Waals surface area contributed by atoms with Crippen LogP contribution < -0.4 is 0 Å². The topological polar surface area (TPSA) is 118 Å². The zero-order valence-corrected chi connectivity index (χ0v) is 40.4. The molecule has 6 rings (SSSR count). The van der Waals surface area contributed by atoms with Crippen molar-refractivity contribution in [1.82, 2.24) is 9.80 Å². The summed E-state index contributed by atoms with van der Waals surface area (Å²) in [6, 6.07) is 18.4. The van der Waals surface area contributed by atoms with Crippen LogP contribution in [0.3, 0.4) is 0 Å². The van der Waals surface area contributed by atoms with Crippen molar-refractivity contribution in [1.29, 1.82) is 0 Å². The van der Waals surface area contributed by atoms with E-state index in [0.717, 1.165) is 51.4 Å². The summed E-state index contributed by atoms with van der Waals surface area (Å²) < 4.78 is 24.8. The molecule has 0 radical (unpaired) electrons. The van der Waals surface area contributed by atoms with Crippen LogP contribution in [0.5, 0.6) is 0 Å². The van der Waals surface area contributed by atoms with Gasteiger partial charge in [0.25, 0.3) is 0 Å². The standard InChI is InChI=1S/C53H82N2O8/c1-49(2)29-45(62-47(58)37-17-13-11-14-18-37)30-50(3,4)54(49)33-41(56)35-60-43-25-21-39(22-26-43)53(9,10)40-23-27-44(28-24-40)61-36-42(57)34-55-51(5,6)31-46(32-52(55,7)8)63-48(59)38-19-15-12-16-20-38/h11-20,39-46,56-57H,21-36H2,1-10H3. The van der Waals surface area contributed by atoms with Gasteiger partial charge in [-0.25, -0.2) is 9.59 Å². The van der Waals surface area contributed by atoms with Gasteiger partial charge < -0.3 is 29.2 Å². The van der Waals surface area contributed by atoms with E-state index in [1.54, 1.807) is 24.3 Å². The summed E-state index contributed by atoms with van der Waals surface area (Å²) in [6.45, 7) is 24.1. The van der Waals surface area contributed by atoms with Crippen LogP contribution in [-0.4, -0.2) is 117 Å². The lowest BCUT2D eigenvalue weighted by molar-refractivity contribution is -0.115. The van der Waals surface area contributed by atoms with E-state index in [9.17, 15) is 19.8 Å². The van der Waals surface area contributed by atoms with Crippen LogP contribution in [0.4, 0.5) is 0 Å². The second kappa shape index (κ2) is 20.3. The van der Waals surface area contributed by atoms with E-state index < -0.39 is 12.2 Å². The summed E-state index contributed by atoms with van der Waals surface area (Å²) in [5.41, 5.74) is 0.310. The Balaban J connectivity index is 0.881. The number of aliphatic hydroxyl groups excluding tert-OH is 2. The minimum absolute atomic E-state index is 0.172. The highest BCUT2D eigenvalue weighted by molar-refractivity contribution is 5.89. The largest absolute Gasteiger partial charge is 0.459 e. The minimum Gasteiger partial charge on any atom is -0.459 e. The first-order valence-corrected chi connectivity index (χ1v) is 24.2. The van der Waals surface area contributed by atoms with Crippen LogP contribution >= 0.6 is 0 Å². The van der Waals surface area contributed by atoms with Gasteiger partial charge in [0, 0.05) is 60.9 Å². The first-order valence-electron chi connectivity index (χ1n) is 24.2. The summed E-state index contributed by atoms with van der Waals surface area (Å²) in [5.74, 6) is 0.725. The second-order valence-corrected chi connectivity index (χ2v) is 22.8. The van der Waals surface area contributed by atoms with Crippen LogP contribution in [0.25, 0.3) is 0 Å². The molecule has 0 aromatic heterocycles. The van der Waals surface area contributed by atoms with Gasteiger partial charge in [-0.3, -0.25) is 9.80 Å². The summed E-state index contributed by atoms with van der Waals surface area (Å²) in [4.78, 5) is 30.5. The molecule has 2 aromatic carbocycles. The SMILES string of the molecule is CC(C)(C1CCC(OCC(O)CN2C(C)(C)CC(OC(=O)c3ccccc3)CC2(C)C)CC1)C1CCC(OCC(O)CN2C(C)(C)CC(OC(=O)c3ccccc3)CC2(C)C)CC1. The van der Waals surface area contributed by atoms with Gasteiger partial charge in [0.2, 0.25) is 0 Å². The highest BCUT2D eigenvalue weighted by atomic mass is 16.5. The zero-order chi connectivity index (χ0) is 45.8. The molecule has 2 aromatic rings. The van der Waals surface area contributed by atoms with E-state index in [0.29, 0.717) is 74.9 Å². The molecule has 2 atom stereocenters. The molecule has 0 amide bonds. The van der Waals surface area contributed by atoms with Crippen molar-refractivity contribution in [2.45, 2.75) is 205 Å². The predicted molar refractivity (Wildman–Crippen MR) is 249 cm³/mol. The van der Waals surface area contributed by atoms with Gasteiger partial charge in [-0.15, -0.1) is 0 Å². The van der Waals surface area contributed by atoms with E-state index in [-0.39, 0.29) is 63.9 Å². The first-order chi connectivity index (χ1) is 29.6. The molecule has 2 saturated carbocycles. The van der Waals surface area contributed by atoms with Gasteiger partial charge in [-0.1, -0.05) is 50.2 Å². The number of hydrogen-bond donors (Lipinski definition) is 2. The van der Waals surface area contributed by atoms with Crippen molar-refractivity contribution < 1.29 is 38.7 Å². The van der Waals surface area contributed by atoms with Gasteiger partial charge in [0.15, 0.2) is 0 Å². The van der Waals surface area contributed by atoms with Crippen LogP contribution in [0.15, 0.2) is 60.7 Å². The molecule has 0 spiro atoms. The predicted octanol–water partition coefficient (Wildman–Crippen LogP) is 9.64. The molecule has 2 heterocycles. The lowest BCUT2D eigenvalue weighted by Gasteiger charge is -2.55. The maximum absolute atomic E-state index is 12.8. The molecule has 4 fully saturated rings. The quantitative estimate of drug-likeness (QED) is 0.158. The number of esters is 2. The molecule has 2 unspecified atom stereocenters. The van der Waals surface area contributed by atoms with Crippen molar-refractivity contribution in [3.63, 3.8) is 0 Å². The number of rotatable bonds is 16. The number of carbonyl (C=O) groups excluding carboxylic acids is 2. The van der Waals surface area contributed by atoms with E-state index in [2.05, 4.69) is 79.0 Å². The van der Waals surface area contributed by atoms with Gasteiger partial charge >= 0.3 is 11.9 Å². The maximum atomic E-state index is 12.8. The molecule has 63 heavy (non-hydrogen) atoms. The number of carbonyl (C=O) groups is 2. The molecule has 0 bridgehead atoms. The Morgan fingerprint density at radius 2 is 0.841 bits per heavy atom. The number of likely N-dealkylation sites (tertiary alicyclic amines) is 2. The zero-order valence-electron chi connectivity index (χ0n) is 40.4. The fourth-order valence-electron chi connectivity index (χ4n) is 12.5. The van der Waals surface area contributed by atoms with Gasteiger partial charge in [-0.05, 0) is 148 Å². The highest BCUT2D eigenvalue weighted by Gasteiger charge is 2.49. The molecule has 10 heteroatoms. The van der Waals surface area contributed by atoms with E-state index in [4.69, 9.17) is 18.9 Å². The Morgan fingerprint density at radius 3 is 1.14 bits per heavy atom. The van der Waals surface area contributed by atoms with Crippen molar-refractivity contribution in [3.05, 3.63) is 71.8 Å². The summed E-state index contributed by atoms with van der Waals surface area (Å²) in [7, 11) is 0. The third-order valence-corrected chi connectivity index (χ3v) is 15.7. The lowest BCUT2D eigenvalue weighted by atomic mass is 9.60. The summed E-state index contributed by atoms with van der Waals surface area (Å²) in [5, 5.41) is 22.6. The third kappa shape index (κ3) is 12.7. The third-order valence-electron chi connectivity index (χ3n) is 15.7. The summed E-state index contributed by atoms with van der Waals surface area (Å²) >= 11 is 0. The van der Waals surface area contributed by atoms with E-state index in [1.165, 1.54) is 0 Å². The molecule has 2 saturated heterocycles. The smallest absolute Gasteiger partial charge is 0.338 e. The normalized spacial score (nSPS) is 27.9. The van der Waals surface area contributed by atoms with Crippen molar-refractivity contribution in [3.8, 4) is 0 Å². The summed E-state index contributed by atoms with van der Waals surface area (Å²) in [6.07, 6.45) is 10.2.